The molecule has 0 saturated heterocycles. The molecule has 0 amide bonds. The Morgan fingerprint density at radius 1 is 1.05 bits per heavy atom. The van der Waals surface area contributed by atoms with Crippen molar-refractivity contribution in [1.82, 2.24) is 0 Å². The minimum atomic E-state index is -4.41. The predicted molar refractivity (Wildman–Crippen MR) is 72.4 cm³/mol. The molecule has 112 valence electrons. The molecule has 3 nitrogen and oxygen atoms in total. The van der Waals surface area contributed by atoms with Gasteiger partial charge in [0, 0.05) is 18.2 Å². The highest BCUT2D eigenvalue weighted by molar-refractivity contribution is 5.44. The molecule has 2 rings (SSSR count). The smallest absolute Gasteiger partial charge is 0.416 e. The first-order valence-electron chi connectivity index (χ1n) is 6.16. The number of nitrogens with two attached hydrogens (primary N) is 1. The van der Waals surface area contributed by atoms with E-state index in [1.807, 2.05) is 0 Å². The number of benzene rings is 2. The number of alkyl halides is 3. The minimum Gasteiger partial charge on any atom is -0.497 e. The number of hydrogen-bond acceptors (Lipinski definition) is 3. The summed E-state index contributed by atoms with van der Waals surface area (Å²) in [5.41, 5.74) is 5.50. The Hall–Kier alpha value is -2.21. The van der Waals surface area contributed by atoms with Gasteiger partial charge in [0.05, 0.1) is 12.7 Å². The number of rotatable bonds is 4. The Bertz CT molecular complexity index is 627. The van der Waals surface area contributed by atoms with Crippen LogP contribution >= 0.6 is 0 Å². The van der Waals surface area contributed by atoms with Gasteiger partial charge >= 0.3 is 6.18 Å². The van der Waals surface area contributed by atoms with Gasteiger partial charge < -0.3 is 15.2 Å². The Morgan fingerprint density at radius 3 is 2.43 bits per heavy atom. The summed E-state index contributed by atoms with van der Waals surface area (Å²) in [6.07, 6.45) is -4.41. The van der Waals surface area contributed by atoms with E-state index in [9.17, 15) is 13.2 Å². The number of hydrogen-bond donors (Lipinski definition) is 1. The summed E-state index contributed by atoms with van der Waals surface area (Å²) in [4.78, 5) is 0. The first-order valence-corrected chi connectivity index (χ1v) is 6.16. The van der Waals surface area contributed by atoms with Crippen LogP contribution in [0.2, 0.25) is 0 Å². The van der Waals surface area contributed by atoms with Crippen LogP contribution in [0, 0.1) is 0 Å². The van der Waals surface area contributed by atoms with E-state index in [4.69, 9.17) is 15.2 Å². The van der Waals surface area contributed by atoms with Gasteiger partial charge in [-0.2, -0.15) is 13.2 Å². The largest absolute Gasteiger partial charge is 0.497 e. The summed E-state index contributed by atoms with van der Waals surface area (Å²) in [5.74, 6) is 0.998. The Kier molecular flexibility index (Phi) is 4.37. The van der Waals surface area contributed by atoms with Crippen molar-refractivity contribution in [2.24, 2.45) is 5.73 Å². The molecule has 0 aromatic heterocycles. The van der Waals surface area contributed by atoms with E-state index in [0.717, 1.165) is 12.1 Å². The SMILES string of the molecule is COc1ccc(CN)c(Oc2cccc(C(F)(F)F)c2)c1. The fourth-order valence-corrected chi connectivity index (χ4v) is 1.79. The molecular weight excluding hydrogens is 283 g/mol. The van der Waals surface area contributed by atoms with Crippen molar-refractivity contribution in [2.75, 3.05) is 7.11 Å². The third-order valence-corrected chi connectivity index (χ3v) is 2.88. The molecule has 0 aliphatic carbocycles. The van der Waals surface area contributed by atoms with Crippen molar-refractivity contribution in [3.05, 3.63) is 53.6 Å². The molecule has 0 unspecified atom stereocenters. The molecule has 0 bridgehead atoms. The van der Waals surface area contributed by atoms with E-state index in [1.165, 1.54) is 19.2 Å². The van der Waals surface area contributed by atoms with Gasteiger partial charge in [0.2, 0.25) is 0 Å². The third-order valence-electron chi connectivity index (χ3n) is 2.88. The van der Waals surface area contributed by atoms with Crippen molar-refractivity contribution in [2.45, 2.75) is 12.7 Å². The van der Waals surface area contributed by atoms with Crippen LogP contribution in [0.3, 0.4) is 0 Å². The van der Waals surface area contributed by atoms with Crippen molar-refractivity contribution < 1.29 is 22.6 Å². The lowest BCUT2D eigenvalue weighted by atomic mass is 10.2. The molecule has 0 spiro atoms. The molecule has 0 aliphatic heterocycles. The lowest BCUT2D eigenvalue weighted by Crippen LogP contribution is -2.05. The molecule has 21 heavy (non-hydrogen) atoms. The predicted octanol–water partition coefficient (Wildman–Crippen LogP) is 3.97. The Labute approximate surface area is 120 Å². The average Bonchev–Trinajstić information content (AvgIpc) is 2.46. The second-order valence-corrected chi connectivity index (χ2v) is 4.31. The van der Waals surface area contributed by atoms with Crippen LogP contribution in [-0.2, 0) is 12.7 Å². The highest BCUT2D eigenvalue weighted by Gasteiger charge is 2.30. The van der Waals surface area contributed by atoms with Gasteiger partial charge in [-0.15, -0.1) is 0 Å². The highest BCUT2D eigenvalue weighted by atomic mass is 19.4. The van der Waals surface area contributed by atoms with E-state index >= 15 is 0 Å². The normalized spacial score (nSPS) is 11.3. The second kappa shape index (κ2) is 6.05. The van der Waals surface area contributed by atoms with Gasteiger partial charge in [0.15, 0.2) is 0 Å². The number of methoxy groups -OCH3 is 1. The van der Waals surface area contributed by atoms with E-state index in [2.05, 4.69) is 0 Å². The van der Waals surface area contributed by atoms with Crippen molar-refractivity contribution in [3.8, 4) is 17.2 Å². The monoisotopic (exact) mass is 297 g/mol. The zero-order valence-electron chi connectivity index (χ0n) is 11.3. The van der Waals surface area contributed by atoms with E-state index in [0.29, 0.717) is 17.1 Å². The van der Waals surface area contributed by atoms with Gasteiger partial charge in [0.25, 0.3) is 0 Å². The molecule has 0 aliphatic rings. The van der Waals surface area contributed by atoms with Gasteiger partial charge in [0.1, 0.15) is 17.2 Å². The summed E-state index contributed by atoms with van der Waals surface area (Å²) >= 11 is 0. The molecule has 0 radical (unpaired) electrons. The lowest BCUT2D eigenvalue weighted by Gasteiger charge is -2.13. The maximum Gasteiger partial charge on any atom is 0.416 e. The van der Waals surface area contributed by atoms with Gasteiger partial charge in [-0.1, -0.05) is 12.1 Å². The fraction of sp³-hybridized carbons (Fsp3) is 0.200. The summed E-state index contributed by atoms with van der Waals surface area (Å²) in [5, 5.41) is 0. The Balaban J connectivity index is 2.33. The zero-order chi connectivity index (χ0) is 15.5. The first kappa shape index (κ1) is 15.2. The van der Waals surface area contributed by atoms with Crippen molar-refractivity contribution >= 4 is 0 Å². The van der Waals surface area contributed by atoms with E-state index in [-0.39, 0.29) is 12.3 Å². The van der Waals surface area contributed by atoms with Crippen LogP contribution in [0.25, 0.3) is 0 Å². The van der Waals surface area contributed by atoms with Crippen LogP contribution in [0.5, 0.6) is 17.2 Å². The molecule has 0 heterocycles. The molecule has 2 aromatic carbocycles. The van der Waals surface area contributed by atoms with E-state index < -0.39 is 11.7 Å². The molecule has 0 atom stereocenters. The first-order chi connectivity index (χ1) is 9.94. The van der Waals surface area contributed by atoms with Crippen LogP contribution in [0.1, 0.15) is 11.1 Å². The van der Waals surface area contributed by atoms with Crippen molar-refractivity contribution in [3.63, 3.8) is 0 Å². The van der Waals surface area contributed by atoms with Gasteiger partial charge in [-0.25, -0.2) is 0 Å². The maximum absolute atomic E-state index is 12.7. The van der Waals surface area contributed by atoms with Gasteiger partial charge in [-0.05, 0) is 24.3 Å². The van der Waals surface area contributed by atoms with Crippen LogP contribution in [-0.4, -0.2) is 7.11 Å². The number of halogens is 3. The molecule has 2 N–H and O–H groups in total. The topological polar surface area (TPSA) is 44.5 Å². The fourth-order valence-electron chi connectivity index (χ4n) is 1.79. The molecule has 6 heteroatoms. The number of ether oxygens (including phenoxy) is 2. The van der Waals surface area contributed by atoms with Gasteiger partial charge in [-0.3, -0.25) is 0 Å². The van der Waals surface area contributed by atoms with Crippen LogP contribution < -0.4 is 15.2 Å². The van der Waals surface area contributed by atoms with Crippen molar-refractivity contribution in [1.29, 1.82) is 0 Å². The zero-order valence-corrected chi connectivity index (χ0v) is 11.3. The summed E-state index contributed by atoms with van der Waals surface area (Å²) in [6.45, 7) is 0.207. The minimum absolute atomic E-state index is 0.0905. The summed E-state index contributed by atoms with van der Waals surface area (Å²) in [6, 6.07) is 9.68. The van der Waals surface area contributed by atoms with E-state index in [1.54, 1.807) is 18.2 Å². The maximum atomic E-state index is 12.7. The lowest BCUT2D eigenvalue weighted by molar-refractivity contribution is -0.137. The average molecular weight is 297 g/mol. The quantitative estimate of drug-likeness (QED) is 0.929. The van der Waals surface area contributed by atoms with Crippen LogP contribution in [0.4, 0.5) is 13.2 Å². The highest BCUT2D eigenvalue weighted by Crippen LogP contribution is 2.34. The third kappa shape index (κ3) is 3.66. The summed E-state index contributed by atoms with van der Waals surface area (Å²) < 4.78 is 48.6. The van der Waals surface area contributed by atoms with Crippen LogP contribution in [0.15, 0.2) is 42.5 Å². The molecular formula is C15H14F3NO2. The second-order valence-electron chi connectivity index (χ2n) is 4.31. The molecule has 0 saturated carbocycles. The standard InChI is InChI=1S/C15H14F3NO2/c1-20-12-6-5-10(9-19)14(8-12)21-13-4-2-3-11(7-13)15(16,17)18/h2-8H,9,19H2,1H3. The summed E-state index contributed by atoms with van der Waals surface area (Å²) in [7, 11) is 1.49. The molecule has 2 aromatic rings. The molecule has 0 fully saturated rings. The Morgan fingerprint density at radius 2 is 1.81 bits per heavy atom.